The van der Waals surface area contributed by atoms with Crippen LogP contribution in [0.2, 0.25) is 0 Å². The molecule has 1 aliphatic rings. The van der Waals surface area contributed by atoms with Crippen molar-refractivity contribution in [3.05, 3.63) is 71.8 Å². The summed E-state index contributed by atoms with van der Waals surface area (Å²) in [5, 5.41) is 4.42. The maximum atomic E-state index is 4.42. The minimum atomic E-state index is 0. The molecule has 1 fully saturated rings. The first-order chi connectivity index (χ1) is 13.7. The third-order valence-electron chi connectivity index (χ3n) is 5.19. The lowest BCUT2D eigenvalue weighted by molar-refractivity contribution is 0.284. The van der Waals surface area contributed by atoms with E-state index in [0.29, 0.717) is 5.95 Å². The number of aryl methyl sites for hydroxylation is 1. The van der Waals surface area contributed by atoms with Crippen LogP contribution in [0.3, 0.4) is 0 Å². The van der Waals surface area contributed by atoms with Crippen molar-refractivity contribution in [2.45, 2.75) is 13.8 Å². The van der Waals surface area contributed by atoms with Crippen molar-refractivity contribution in [1.82, 2.24) is 24.6 Å². The minimum Gasteiger partial charge on any atom is -0.369 e. The number of hydrogen-bond donors (Lipinski definition) is 0. The van der Waals surface area contributed by atoms with Gasteiger partial charge in [-0.15, -0.1) is 12.4 Å². The van der Waals surface area contributed by atoms with E-state index in [1.807, 2.05) is 19.2 Å². The average Bonchev–Trinajstić information content (AvgIpc) is 3.10. The standard InChI is InChI=1S/C22H26N6.ClH/c1-18-6-3-8-21(16-18)27-14-12-26(13-15-27)11-4-7-20-17-25-28(19(20)2)22-23-9-5-10-24-22;/h3-10,16-17H,11-15H2,1-2H3;1H. The second-order valence-corrected chi connectivity index (χ2v) is 7.17. The molecule has 152 valence electrons. The van der Waals surface area contributed by atoms with E-state index in [2.05, 4.69) is 68.2 Å². The lowest BCUT2D eigenvalue weighted by Crippen LogP contribution is -2.46. The molecule has 29 heavy (non-hydrogen) atoms. The molecule has 0 bridgehead atoms. The topological polar surface area (TPSA) is 50.1 Å². The van der Waals surface area contributed by atoms with Crippen LogP contribution in [0.25, 0.3) is 12.0 Å². The maximum Gasteiger partial charge on any atom is 0.250 e. The Morgan fingerprint density at radius 1 is 1.00 bits per heavy atom. The minimum absolute atomic E-state index is 0. The summed E-state index contributed by atoms with van der Waals surface area (Å²) in [6.07, 6.45) is 9.71. The molecular formula is C22H27ClN6. The van der Waals surface area contributed by atoms with Gasteiger partial charge in [-0.25, -0.2) is 14.6 Å². The Kier molecular flexibility index (Phi) is 7.01. The van der Waals surface area contributed by atoms with Gasteiger partial charge in [0.15, 0.2) is 0 Å². The highest BCUT2D eigenvalue weighted by Gasteiger charge is 2.16. The van der Waals surface area contributed by atoms with Crippen LogP contribution in [0.4, 0.5) is 5.69 Å². The second kappa shape index (κ2) is 9.67. The number of anilines is 1. The van der Waals surface area contributed by atoms with Crippen LogP contribution in [-0.4, -0.2) is 57.4 Å². The number of piperazine rings is 1. The van der Waals surface area contributed by atoms with Gasteiger partial charge in [-0.05, 0) is 37.6 Å². The van der Waals surface area contributed by atoms with Crippen LogP contribution in [0.15, 0.2) is 55.0 Å². The van der Waals surface area contributed by atoms with Crippen LogP contribution in [0, 0.1) is 13.8 Å². The number of hydrogen-bond acceptors (Lipinski definition) is 5. The molecule has 0 amide bonds. The molecule has 0 N–H and O–H groups in total. The molecule has 1 aromatic carbocycles. The van der Waals surface area contributed by atoms with Crippen molar-refractivity contribution in [1.29, 1.82) is 0 Å². The zero-order chi connectivity index (χ0) is 19.3. The lowest BCUT2D eigenvalue weighted by Gasteiger charge is -2.35. The summed E-state index contributed by atoms with van der Waals surface area (Å²) in [6.45, 7) is 9.44. The predicted molar refractivity (Wildman–Crippen MR) is 120 cm³/mol. The highest BCUT2D eigenvalue weighted by atomic mass is 35.5. The van der Waals surface area contributed by atoms with Crippen molar-refractivity contribution >= 4 is 24.2 Å². The SMILES string of the molecule is Cc1cccc(N2CCN(CC=Cc3cnn(-c4ncccn4)c3C)CC2)c1.Cl. The van der Waals surface area contributed by atoms with E-state index >= 15 is 0 Å². The summed E-state index contributed by atoms with van der Waals surface area (Å²) in [5.41, 5.74) is 4.80. The second-order valence-electron chi connectivity index (χ2n) is 7.17. The van der Waals surface area contributed by atoms with E-state index in [0.717, 1.165) is 44.0 Å². The molecule has 0 spiro atoms. The van der Waals surface area contributed by atoms with Gasteiger partial charge in [0.2, 0.25) is 0 Å². The van der Waals surface area contributed by atoms with Gasteiger partial charge in [0.25, 0.3) is 5.95 Å². The van der Waals surface area contributed by atoms with Crippen LogP contribution in [0.1, 0.15) is 16.8 Å². The molecule has 0 saturated carbocycles. The molecule has 1 saturated heterocycles. The van der Waals surface area contributed by atoms with E-state index in [1.54, 1.807) is 17.1 Å². The fourth-order valence-electron chi connectivity index (χ4n) is 3.53. The molecule has 4 rings (SSSR count). The molecule has 0 radical (unpaired) electrons. The quantitative estimate of drug-likeness (QED) is 0.644. The van der Waals surface area contributed by atoms with Gasteiger partial charge in [-0.1, -0.05) is 24.3 Å². The zero-order valence-electron chi connectivity index (χ0n) is 16.9. The summed E-state index contributed by atoms with van der Waals surface area (Å²) in [7, 11) is 0. The summed E-state index contributed by atoms with van der Waals surface area (Å²) in [4.78, 5) is 13.5. The smallest absolute Gasteiger partial charge is 0.250 e. The Labute approximate surface area is 178 Å². The Morgan fingerprint density at radius 2 is 1.76 bits per heavy atom. The van der Waals surface area contributed by atoms with Gasteiger partial charge in [0.1, 0.15) is 0 Å². The highest BCUT2D eigenvalue weighted by molar-refractivity contribution is 5.85. The molecule has 7 heteroatoms. The average molecular weight is 411 g/mol. The Hall–Kier alpha value is -2.70. The Morgan fingerprint density at radius 3 is 2.48 bits per heavy atom. The van der Waals surface area contributed by atoms with E-state index < -0.39 is 0 Å². The molecule has 3 heterocycles. The van der Waals surface area contributed by atoms with Crippen LogP contribution < -0.4 is 4.90 Å². The first-order valence-electron chi connectivity index (χ1n) is 9.73. The summed E-state index contributed by atoms with van der Waals surface area (Å²) < 4.78 is 1.78. The largest absolute Gasteiger partial charge is 0.369 e. The van der Waals surface area contributed by atoms with Gasteiger partial charge in [0, 0.05) is 56.4 Å². The van der Waals surface area contributed by atoms with Crippen LogP contribution in [0.5, 0.6) is 0 Å². The van der Waals surface area contributed by atoms with Gasteiger partial charge in [-0.2, -0.15) is 5.10 Å². The summed E-state index contributed by atoms with van der Waals surface area (Å²) >= 11 is 0. The third kappa shape index (κ3) is 5.02. The normalized spacial score (nSPS) is 14.9. The zero-order valence-corrected chi connectivity index (χ0v) is 17.7. The fraction of sp³-hybridized carbons (Fsp3) is 0.318. The lowest BCUT2D eigenvalue weighted by atomic mass is 10.2. The number of rotatable bonds is 5. The monoisotopic (exact) mass is 410 g/mol. The number of aromatic nitrogens is 4. The number of benzene rings is 1. The van der Waals surface area contributed by atoms with Crippen molar-refractivity contribution in [3.63, 3.8) is 0 Å². The maximum absolute atomic E-state index is 4.42. The van der Waals surface area contributed by atoms with Crippen LogP contribution in [-0.2, 0) is 0 Å². The van der Waals surface area contributed by atoms with Gasteiger partial charge in [-0.3, -0.25) is 4.90 Å². The molecular weight excluding hydrogens is 384 g/mol. The molecule has 0 aliphatic carbocycles. The molecule has 0 unspecified atom stereocenters. The fourth-order valence-corrected chi connectivity index (χ4v) is 3.53. The highest BCUT2D eigenvalue weighted by Crippen LogP contribution is 2.18. The van der Waals surface area contributed by atoms with E-state index in [1.165, 1.54) is 11.3 Å². The van der Waals surface area contributed by atoms with E-state index in [4.69, 9.17) is 0 Å². The van der Waals surface area contributed by atoms with Crippen molar-refractivity contribution in [3.8, 4) is 5.95 Å². The Bertz CT molecular complexity index is 945. The van der Waals surface area contributed by atoms with E-state index in [-0.39, 0.29) is 12.4 Å². The number of halogens is 1. The van der Waals surface area contributed by atoms with Gasteiger partial charge >= 0.3 is 0 Å². The third-order valence-corrected chi connectivity index (χ3v) is 5.19. The van der Waals surface area contributed by atoms with Crippen molar-refractivity contribution in [2.24, 2.45) is 0 Å². The van der Waals surface area contributed by atoms with Gasteiger partial charge in [0.05, 0.1) is 11.9 Å². The molecule has 0 atom stereocenters. The molecule has 3 aromatic rings. The first-order valence-corrected chi connectivity index (χ1v) is 9.73. The number of nitrogens with zero attached hydrogens (tertiary/aromatic N) is 6. The summed E-state index contributed by atoms with van der Waals surface area (Å²) in [6, 6.07) is 10.6. The van der Waals surface area contributed by atoms with E-state index in [9.17, 15) is 0 Å². The molecule has 1 aliphatic heterocycles. The van der Waals surface area contributed by atoms with Crippen LogP contribution >= 0.6 is 12.4 Å². The first kappa shape index (κ1) is 21.0. The Balaban J connectivity index is 0.00000240. The molecule has 2 aromatic heterocycles. The van der Waals surface area contributed by atoms with Crippen molar-refractivity contribution in [2.75, 3.05) is 37.6 Å². The van der Waals surface area contributed by atoms with Gasteiger partial charge < -0.3 is 4.90 Å². The summed E-state index contributed by atoms with van der Waals surface area (Å²) in [5.74, 6) is 0.604. The molecule has 6 nitrogen and oxygen atoms in total. The predicted octanol–water partition coefficient (Wildman–Crippen LogP) is 3.54. The van der Waals surface area contributed by atoms with Crippen molar-refractivity contribution < 1.29 is 0 Å².